The Morgan fingerprint density at radius 1 is 1.58 bits per heavy atom. The summed E-state index contributed by atoms with van der Waals surface area (Å²) in [6.07, 6.45) is 0. The van der Waals surface area contributed by atoms with Gasteiger partial charge in [-0.3, -0.25) is 4.79 Å². The lowest BCUT2D eigenvalue weighted by atomic mass is 10.3. The number of carbonyl (C=O) groups is 1. The normalized spacial score (nSPS) is 9.50. The summed E-state index contributed by atoms with van der Waals surface area (Å²) in [6, 6.07) is 3.41. The Balaban J connectivity index is 2.97. The van der Waals surface area contributed by atoms with Crippen molar-refractivity contribution in [3.8, 4) is 5.88 Å². The number of esters is 1. The molecule has 2 N–H and O–H groups in total. The maximum atomic E-state index is 10.6. The molecule has 0 fully saturated rings. The van der Waals surface area contributed by atoms with Crippen LogP contribution < -0.4 is 10.5 Å². The molecular formula is C8H10N2O2. The summed E-state index contributed by atoms with van der Waals surface area (Å²) in [5, 5.41) is 0. The van der Waals surface area contributed by atoms with E-state index >= 15 is 0 Å². The van der Waals surface area contributed by atoms with Crippen LogP contribution in [0.4, 0.5) is 5.69 Å². The molecule has 0 bridgehead atoms. The van der Waals surface area contributed by atoms with Crippen molar-refractivity contribution in [2.75, 3.05) is 5.73 Å². The number of carbonyl (C=O) groups excluding carboxylic acids is 1. The van der Waals surface area contributed by atoms with Gasteiger partial charge in [-0.1, -0.05) is 0 Å². The highest BCUT2D eigenvalue weighted by atomic mass is 16.5. The first-order valence-electron chi connectivity index (χ1n) is 3.51. The molecule has 4 nitrogen and oxygen atoms in total. The van der Waals surface area contributed by atoms with Gasteiger partial charge in [0.25, 0.3) is 0 Å². The van der Waals surface area contributed by atoms with Crippen LogP contribution in [-0.4, -0.2) is 11.0 Å². The summed E-state index contributed by atoms with van der Waals surface area (Å²) < 4.78 is 4.75. The van der Waals surface area contributed by atoms with E-state index in [-0.39, 0.29) is 5.88 Å². The molecule has 0 aliphatic carbocycles. The van der Waals surface area contributed by atoms with Crippen LogP contribution in [0.2, 0.25) is 0 Å². The number of anilines is 1. The molecule has 0 unspecified atom stereocenters. The van der Waals surface area contributed by atoms with E-state index in [1.165, 1.54) is 6.92 Å². The third-order valence-electron chi connectivity index (χ3n) is 1.27. The third kappa shape index (κ3) is 1.95. The lowest BCUT2D eigenvalue weighted by molar-refractivity contribution is -0.132. The minimum atomic E-state index is -0.417. The Bertz CT molecular complexity index is 310. The fourth-order valence-electron chi connectivity index (χ4n) is 0.762. The van der Waals surface area contributed by atoms with Gasteiger partial charge in [0.1, 0.15) is 0 Å². The zero-order valence-electron chi connectivity index (χ0n) is 7.00. The number of ether oxygens (including phenoxy) is 1. The Morgan fingerprint density at radius 3 is 2.83 bits per heavy atom. The van der Waals surface area contributed by atoms with Crippen molar-refractivity contribution >= 4 is 11.7 Å². The molecule has 1 heterocycles. The molecular weight excluding hydrogens is 156 g/mol. The topological polar surface area (TPSA) is 65.2 Å². The van der Waals surface area contributed by atoms with E-state index in [0.29, 0.717) is 5.69 Å². The van der Waals surface area contributed by atoms with Gasteiger partial charge in [0.05, 0.1) is 5.69 Å². The van der Waals surface area contributed by atoms with Crippen LogP contribution in [0.25, 0.3) is 0 Å². The monoisotopic (exact) mass is 166 g/mol. The minimum absolute atomic E-state index is 0.183. The van der Waals surface area contributed by atoms with Gasteiger partial charge in [0, 0.05) is 12.6 Å². The zero-order valence-corrected chi connectivity index (χ0v) is 7.00. The molecule has 1 aromatic rings. The number of aromatic nitrogens is 1. The Kier molecular flexibility index (Phi) is 2.28. The summed E-state index contributed by atoms with van der Waals surface area (Å²) in [5.74, 6) is -0.234. The standard InChI is InChI=1S/C8H10N2O2/c1-5-3-4-7(9)8(10-5)12-6(2)11/h3-4H,9H2,1-2H3. The van der Waals surface area contributed by atoms with Crippen molar-refractivity contribution in [3.05, 3.63) is 17.8 Å². The highest BCUT2D eigenvalue weighted by Gasteiger charge is 2.04. The molecule has 12 heavy (non-hydrogen) atoms. The van der Waals surface area contributed by atoms with E-state index in [2.05, 4.69) is 4.98 Å². The molecule has 0 aliphatic heterocycles. The zero-order chi connectivity index (χ0) is 9.14. The van der Waals surface area contributed by atoms with Crippen LogP contribution in [0, 0.1) is 6.92 Å². The summed E-state index contributed by atoms with van der Waals surface area (Å²) in [7, 11) is 0. The lowest BCUT2D eigenvalue weighted by Gasteiger charge is -2.03. The van der Waals surface area contributed by atoms with Crippen molar-refractivity contribution in [1.82, 2.24) is 4.98 Å². The SMILES string of the molecule is CC(=O)Oc1nc(C)ccc1N. The van der Waals surface area contributed by atoms with Crippen molar-refractivity contribution in [3.63, 3.8) is 0 Å². The molecule has 64 valence electrons. The van der Waals surface area contributed by atoms with Crippen LogP contribution in [0.1, 0.15) is 12.6 Å². The van der Waals surface area contributed by atoms with E-state index in [4.69, 9.17) is 10.5 Å². The largest absolute Gasteiger partial charge is 0.405 e. The summed E-state index contributed by atoms with van der Waals surface area (Å²) in [6.45, 7) is 3.11. The average molecular weight is 166 g/mol. The predicted molar refractivity (Wildman–Crippen MR) is 44.7 cm³/mol. The fraction of sp³-hybridized carbons (Fsp3) is 0.250. The first kappa shape index (κ1) is 8.52. The van der Waals surface area contributed by atoms with Gasteiger partial charge in [-0.2, -0.15) is 0 Å². The maximum absolute atomic E-state index is 10.6. The second-order valence-electron chi connectivity index (χ2n) is 2.44. The van der Waals surface area contributed by atoms with E-state index in [9.17, 15) is 4.79 Å². The second kappa shape index (κ2) is 3.21. The van der Waals surface area contributed by atoms with Crippen LogP contribution in [0.5, 0.6) is 5.88 Å². The Morgan fingerprint density at radius 2 is 2.25 bits per heavy atom. The van der Waals surface area contributed by atoms with Crippen molar-refractivity contribution < 1.29 is 9.53 Å². The van der Waals surface area contributed by atoms with Crippen LogP contribution in [0.3, 0.4) is 0 Å². The van der Waals surface area contributed by atoms with Gasteiger partial charge in [-0.15, -0.1) is 0 Å². The van der Waals surface area contributed by atoms with Crippen LogP contribution in [-0.2, 0) is 4.79 Å². The summed E-state index contributed by atoms with van der Waals surface area (Å²) >= 11 is 0. The van der Waals surface area contributed by atoms with Crippen LogP contribution in [0.15, 0.2) is 12.1 Å². The first-order valence-corrected chi connectivity index (χ1v) is 3.51. The highest BCUT2D eigenvalue weighted by Crippen LogP contribution is 2.17. The van der Waals surface area contributed by atoms with Gasteiger partial charge in [-0.25, -0.2) is 4.98 Å². The third-order valence-corrected chi connectivity index (χ3v) is 1.27. The summed E-state index contributed by atoms with van der Waals surface area (Å²) in [4.78, 5) is 14.5. The van der Waals surface area contributed by atoms with E-state index in [1.807, 2.05) is 0 Å². The fourth-order valence-corrected chi connectivity index (χ4v) is 0.762. The number of aryl methyl sites for hydroxylation is 1. The Labute approximate surface area is 70.4 Å². The van der Waals surface area contributed by atoms with Gasteiger partial charge >= 0.3 is 5.97 Å². The van der Waals surface area contributed by atoms with E-state index in [0.717, 1.165) is 5.69 Å². The van der Waals surface area contributed by atoms with Crippen molar-refractivity contribution in [1.29, 1.82) is 0 Å². The molecule has 4 heteroatoms. The summed E-state index contributed by atoms with van der Waals surface area (Å²) in [5.41, 5.74) is 6.63. The number of hydrogen-bond donors (Lipinski definition) is 1. The molecule has 0 amide bonds. The molecule has 0 saturated carbocycles. The number of nitrogen functional groups attached to an aromatic ring is 1. The molecule has 1 aromatic heterocycles. The maximum Gasteiger partial charge on any atom is 0.309 e. The van der Waals surface area contributed by atoms with Gasteiger partial charge in [0.2, 0.25) is 5.88 Å². The van der Waals surface area contributed by atoms with Crippen LogP contribution >= 0.6 is 0 Å². The minimum Gasteiger partial charge on any atom is -0.405 e. The van der Waals surface area contributed by atoms with Gasteiger partial charge in [0.15, 0.2) is 0 Å². The average Bonchev–Trinajstić information content (AvgIpc) is 1.96. The number of hydrogen-bond acceptors (Lipinski definition) is 4. The smallest absolute Gasteiger partial charge is 0.309 e. The number of rotatable bonds is 1. The van der Waals surface area contributed by atoms with E-state index < -0.39 is 5.97 Å². The quantitative estimate of drug-likeness (QED) is 0.629. The van der Waals surface area contributed by atoms with E-state index in [1.54, 1.807) is 19.1 Å². The second-order valence-corrected chi connectivity index (χ2v) is 2.44. The lowest BCUT2D eigenvalue weighted by Crippen LogP contribution is -2.06. The molecule has 0 aromatic carbocycles. The van der Waals surface area contributed by atoms with Gasteiger partial charge < -0.3 is 10.5 Å². The van der Waals surface area contributed by atoms with Crippen molar-refractivity contribution in [2.45, 2.75) is 13.8 Å². The highest BCUT2D eigenvalue weighted by molar-refractivity contribution is 5.70. The number of nitrogens with zero attached hydrogens (tertiary/aromatic N) is 1. The molecule has 0 saturated heterocycles. The first-order chi connectivity index (χ1) is 5.59. The number of nitrogens with two attached hydrogens (primary N) is 1. The molecule has 0 spiro atoms. The molecule has 1 rings (SSSR count). The Hall–Kier alpha value is -1.58. The van der Waals surface area contributed by atoms with Crippen molar-refractivity contribution in [2.24, 2.45) is 0 Å². The molecule has 0 radical (unpaired) electrons. The predicted octanol–water partition coefficient (Wildman–Crippen LogP) is 0.898. The van der Waals surface area contributed by atoms with Gasteiger partial charge in [-0.05, 0) is 19.1 Å². The number of pyridine rings is 1. The molecule has 0 aliphatic rings. The molecule has 0 atom stereocenters.